The molecule has 0 aromatic rings. The number of oxime groups is 1. The number of ether oxygens (including phenoxy) is 2. The first-order valence-corrected chi connectivity index (χ1v) is 6.39. The second kappa shape index (κ2) is 3.23. The molecule has 17 heavy (non-hydrogen) atoms. The highest BCUT2D eigenvalue weighted by Gasteiger charge is 2.59. The van der Waals surface area contributed by atoms with Gasteiger partial charge in [0.05, 0.1) is 23.3 Å². The Balaban J connectivity index is 1.95. The van der Waals surface area contributed by atoms with Crippen molar-refractivity contribution in [1.29, 1.82) is 0 Å². The van der Waals surface area contributed by atoms with Gasteiger partial charge in [-0.15, -0.1) is 0 Å². The van der Waals surface area contributed by atoms with Gasteiger partial charge in [0.15, 0.2) is 5.79 Å². The lowest BCUT2D eigenvalue weighted by Crippen LogP contribution is -2.62. The van der Waals surface area contributed by atoms with E-state index >= 15 is 0 Å². The van der Waals surface area contributed by atoms with Crippen LogP contribution in [-0.4, -0.2) is 30.3 Å². The molecule has 0 unspecified atom stereocenters. The van der Waals surface area contributed by atoms with Crippen molar-refractivity contribution in [2.75, 3.05) is 13.2 Å². The van der Waals surface area contributed by atoms with E-state index in [1.165, 1.54) is 5.71 Å². The molecule has 0 aromatic carbocycles. The van der Waals surface area contributed by atoms with E-state index in [1.54, 1.807) is 0 Å². The van der Waals surface area contributed by atoms with Gasteiger partial charge in [0.25, 0.3) is 0 Å². The third-order valence-electron chi connectivity index (χ3n) is 4.64. The van der Waals surface area contributed by atoms with Crippen LogP contribution in [0.4, 0.5) is 0 Å². The molecule has 1 saturated carbocycles. The van der Waals surface area contributed by atoms with Crippen molar-refractivity contribution in [3.05, 3.63) is 0 Å². The monoisotopic (exact) mass is 239 g/mol. The van der Waals surface area contributed by atoms with E-state index in [4.69, 9.17) is 14.3 Å². The molecule has 0 spiro atoms. The van der Waals surface area contributed by atoms with E-state index < -0.39 is 5.79 Å². The van der Waals surface area contributed by atoms with Gasteiger partial charge in [0, 0.05) is 5.92 Å². The van der Waals surface area contributed by atoms with Crippen molar-refractivity contribution in [1.82, 2.24) is 0 Å². The van der Waals surface area contributed by atoms with Gasteiger partial charge in [-0.25, -0.2) is 0 Å². The molecule has 4 nitrogen and oxygen atoms in total. The van der Waals surface area contributed by atoms with Crippen LogP contribution >= 0.6 is 0 Å². The number of hydrogen-bond donors (Lipinski definition) is 0. The lowest BCUT2D eigenvalue weighted by molar-refractivity contribution is -0.341. The summed E-state index contributed by atoms with van der Waals surface area (Å²) in [6.45, 7) is 9.81. The Hall–Kier alpha value is -0.610. The average Bonchev–Trinajstić information content (AvgIpc) is 2.56. The molecule has 4 heteroatoms. The number of nitrogens with zero attached hydrogens (tertiary/aromatic N) is 1. The fourth-order valence-corrected chi connectivity index (χ4v) is 3.64. The van der Waals surface area contributed by atoms with Crippen molar-refractivity contribution in [3.8, 4) is 0 Å². The van der Waals surface area contributed by atoms with E-state index in [-0.39, 0.29) is 11.0 Å². The van der Waals surface area contributed by atoms with E-state index in [0.717, 1.165) is 19.4 Å². The SMILES string of the molecule is CC1(C)OC[C@@H]2[C@](C)(CCC3=NOC[C@]32C)O1. The zero-order valence-corrected chi connectivity index (χ0v) is 11.1. The molecule has 2 fully saturated rings. The summed E-state index contributed by atoms with van der Waals surface area (Å²) in [6.07, 6.45) is 1.97. The molecule has 2 heterocycles. The standard InChI is InChI=1S/C13H21NO3/c1-11(2)15-7-9-12(3)8-16-14-10(12)5-6-13(9,4)17-11/h9H,5-8H2,1-4H3/t9-,12-,13-/m0/s1. The Kier molecular flexibility index (Phi) is 2.18. The van der Waals surface area contributed by atoms with Gasteiger partial charge < -0.3 is 14.3 Å². The molecule has 0 N–H and O–H groups in total. The van der Waals surface area contributed by atoms with Crippen molar-refractivity contribution >= 4 is 5.71 Å². The lowest BCUT2D eigenvalue weighted by Gasteiger charge is -2.55. The van der Waals surface area contributed by atoms with Crippen LogP contribution in [0.2, 0.25) is 0 Å². The largest absolute Gasteiger partial charge is 0.395 e. The predicted molar refractivity (Wildman–Crippen MR) is 63.7 cm³/mol. The first-order valence-electron chi connectivity index (χ1n) is 6.39. The smallest absolute Gasteiger partial charge is 0.163 e. The fourth-order valence-electron chi connectivity index (χ4n) is 3.64. The van der Waals surface area contributed by atoms with Crippen molar-refractivity contribution in [2.45, 2.75) is 51.9 Å². The van der Waals surface area contributed by atoms with Crippen molar-refractivity contribution in [2.24, 2.45) is 16.5 Å². The normalized spacial score (nSPS) is 47.8. The molecule has 0 amide bonds. The maximum atomic E-state index is 6.21. The summed E-state index contributed by atoms with van der Waals surface area (Å²) < 4.78 is 12.0. The van der Waals surface area contributed by atoms with Crippen LogP contribution in [0.3, 0.4) is 0 Å². The highest BCUT2D eigenvalue weighted by Crippen LogP contribution is 2.52. The molecular formula is C13H21NO3. The molecule has 3 aliphatic rings. The van der Waals surface area contributed by atoms with Gasteiger partial charge in [-0.1, -0.05) is 12.1 Å². The highest BCUT2D eigenvalue weighted by atomic mass is 16.7. The zero-order chi connectivity index (χ0) is 12.3. The third-order valence-corrected chi connectivity index (χ3v) is 4.64. The predicted octanol–water partition coefficient (Wildman–Crippen LogP) is 2.33. The minimum atomic E-state index is -0.476. The van der Waals surface area contributed by atoms with Crippen molar-refractivity contribution in [3.63, 3.8) is 0 Å². The van der Waals surface area contributed by atoms with Crippen LogP contribution in [-0.2, 0) is 14.3 Å². The summed E-state index contributed by atoms with van der Waals surface area (Å²) in [7, 11) is 0. The molecule has 96 valence electrons. The van der Waals surface area contributed by atoms with E-state index in [1.807, 2.05) is 13.8 Å². The zero-order valence-electron chi connectivity index (χ0n) is 11.1. The highest BCUT2D eigenvalue weighted by molar-refractivity contribution is 5.92. The van der Waals surface area contributed by atoms with Crippen LogP contribution in [0, 0.1) is 11.3 Å². The van der Waals surface area contributed by atoms with Crippen LogP contribution in [0.5, 0.6) is 0 Å². The summed E-state index contributed by atoms with van der Waals surface area (Å²) in [6, 6.07) is 0. The Labute approximate surface area is 102 Å². The molecule has 3 rings (SSSR count). The van der Waals surface area contributed by atoms with Crippen LogP contribution in [0.1, 0.15) is 40.5 Å². The Morgan fingerprint density at radius 2 is 2.00 bits per heavy atom. The van der Waals surface area contributed by atoms with Gasteiger partial charge in [-0.05, 0) is 33.6 Å². The number of rotatable bonds is 0. The molecular weight excluding hydrogens is 218 g/mol. The Morgan fingerprint density at radius 1 is 1.24 bits per heavy atom. The minimum absolute atomic E-state index is 0.0104. The Bertz CT molecular complexity index is 379. The molecule has 0 radical (unpaired) electrons. The second-order valence-electron chi connectivity index (χ2n) is 6.41. The van der Waals surface area contributed by atoms with E-state index in [2.05, 4.69) is 19.0 Å². The molecule has 0 bridgehead atoms. The summed E-state index contributed by atoms with van der Waals surface area (Å²) in [5.74, 6) is -0.145. The first-order chi connectivity index (χ1) is 7.86. The topological polar surface area (TPSA) is 40.0 Å². The second-order valence-corrected chi connectivity index (χ2v) is 6.41. The van der Waals surface area contributed by atoms with Crippen molar-refractivity contribution < 1.29 is 14.3 Å². The van der Waals surface area contributed by atoms with E-state index in [0.29, 0.717) is 12.5 Å². The summed E-state index contributed by atoms with van der Waals surface area (Å²) in [5, 5.41) is 4.19. The first kappa shape index (κ1) is 11.5. The van der Waals surface area contributed by atoms with Crippen LogP contribution in [0.15, 0.2) is 5.16 Å². The molecule has 1 saturated heterocycles. The van der Waals surface area contributed by atoms with Gasteiger partial charge in [-0.2, -0.15) is 0 Å². The maximum Gasteiger partial charge on any atom is 0.163 e. The number of hydrogen-bond acceptors (Lipinski definition) is 4. The molecule has 1 aliphatic carbocycles. The molecule has 0 aromatic heterocycles. The van der Waals surface area contributed by atoms with Crippen LogP contribution < -0.4 is 0 Å². The van der Waals surface area contributed by atoms with Crippen LogP contribution in [0.25, 0.3) is 0 Å². The Morgan fingerprint density at radius 3 is 2.76 bits per heavy atom. The summed E-state index contributed by atoms with van der Waals surface area (Å²) >= 11 is 0. The summed E-state index contributed by atoms with van der Waals surface area (Å²) in [5.41, 5.74) is 1.05. The minimum Gasteiger partial charge on any atom is -0.395 e. The third kappa shape index (κ3) is 1.54. The van der Waals surface area contributed by atoms with Gasteiger partial charge >= 0.3 is 0 Å². The summed E-state index contributed by atoms with van der Waals surface area (Å²) in [4.78, 5) is 5.32. The van der Waals surface area contributed by atoms with Gasteiger partial charge in [0.2, 0.25) is 0 Å². The average molecular weight is 239 g/mol. The quantitative estimate of drug-likeness (QED) is 0.651. The van der Waals surface area contributed by atoms with E-state index in [9.17, 15) is 0 Å². The molecule has 2 aliphatic heterocycles. The maximum absolute atomic E-state index is 6.21. The number of fused-ring (bicyclic) bond motifs is 3. The fraction of sp³-hybridized carbons (Fsp3) is 0.923. The lowest BCUT2D eigenvalue weighted by atomic mass is 9.60. The molecule has 3 atom stereocenters. The van der Waals surface area contributed by atoms with Gasteiger partial charge in [0.1, 0.15) is 6.61 Å². The van der Waals surface area contributed by atoms with Gasteiger partial charge in [-0.3, -0.25) is 0 Å².